The van der Waals surface area contributed by atoms with Gasteiger partial charge in [0.2, 0.25) is 10.0 Å². The van der Waals surface area contributed by atoms with Crippen LogP contribution in [-0.2, 0) is 15.9 Å². The highest BCUT2D eigenvalue weighted by molar-refractivity contribution is 7.89. The van der Waals surface area contributed by atoms with E-state index in [-0.39, 0.29) is 16.8 Å². The van der Waals surface area contributed by atoms with Crippen LogP contribution in [0.1, 0.15) is 32.3 Å². The van der Waals surface area contributed by atoms with Gasteiger partial charge in [0.25, 0.3) is 0 Å². The minimum Gasteiger partial charge on any atom is -0.207 e. The largest absolute Gasteiger partial charge is 0.243 e. The van der Waals surface area contributed by atoms with Crippen LogP contribution < -0.4 is 0 Å². The van der Waals surface area contributed by atoms with Gasteiger partial charge >= 0.3 is 0 Å². The van der Waals surface area contributed by atoms with Crippen molar-refractivity contribution in [2.45, 2.75) is 43.5 Å². The topological polar surface area (TPSA) is 37.4 Å². The van der Waals surface area contributed by atoms with Crippen LogP contribution in [0.2, 0.25) is 0 Å². The molecule has 0 aromatic heterocycles. The van der Waals surface area contributed by atoms with E-state index in [4.69, 9.17) is 11.6 Å². The molecule has 1 aromatic carbocycles. The van der Waals surface area contributed by atoms with Crippen molar-refractivity contribution in [1.29, 1.82) is 0 Å². The van der Waals surface area contributed by atoms with Crippen molar-refractivity contribution in [1.82, 2.24) is 4.31 Å². The van der Waals surface area contributed by atoms with Crippen LogP contribution in [0.25, 0.3) is 0 Å². The molecule has 0 bridgehead atoms. The number of halogens is 2. The fourth-order valence-corrected chi connectivity index (χ4v) is 4.95. The second-order valence-corrected chi connectivity index (χ2v) is 7.61. The van der Waals surface area contributed by atoms with Gasteiger partial charge in [-0.05, 0) is 43.4 Å². The fourth-order valence-electron chi connectivity index (χ4n) is 2.75. The SMILES string of the molecule is CC1CCN(S(=O)(=O)c2cc(F)ccc2CCl)C(C)C1. The minimum atomic E-state index is -3.69. The maximum atomic E-state index is 13.4. The Kier molecular flexibility index (Phi) is 4.72. The lowest BCUT2D eigenvalue weighted by Crippen LogP contribution is -2.44. The van der Waals surface area contributed by atoms with Crippen molar-refractivity contribution in [3.05, 3.63) is 29.6 Å². The first kappa shape index (κ1) is 15.7. The molecule has 1 saturated heterocycles. The molecule has 1 aliphatic rings. The summed E-state index contributed by atoms with van der Waals surface area (Å²) in [4.78, 5) is -0.00565. The highest BCUT2D eigenvalue weighted by Gasteiger charge is 2.34. The van der Waals surface area contributed by atoms with Crippen molar-refractivity contribution in [2.24, 2.45) is 5.92 Å². The van der Waals surface area contributed by atoms with Crippen LogP contribution in [0.4, 0.5) is 4.39 Å². The zero-order valence-corrected chi connectivity index (χ0v) is 13.2. The zero-order chi connectivity index (χ0) is 14.9. The number of rotatable bonds is 3. The molecule has 1 aliphatic heterocycles. The Morgan fingerprint density at radius 3 is 2.70 bits per heavy atom. The summed E-state index contributed by atoms with van der Waals surface area (Å²) >= 11 is 5.78. The molecule has 2 atom stereocenters. The number of hydrogen-bond acceptors (Lipinski definition) is 2. The van der Waals surface area contributed by atoms with Crippen molar-refractivity contribution in [3.63, 3.8) is 0 Å². The molecule has 3 nitrogen and oxygen atoms in total. The first-order valence-corrected chi connectivity index (χ1v) is 8.70. The van der Waals surface area contributed by atoms with Crippen molar-refractivity contribution in [2.75, 3.05) is 6.54 Å². The molecule has 0 aliphatic carbocycles. The van der Waals surface area contributed by atoms with Gasteiger partial charge in [0.05, 0.1) is 4.90 Å². The Morgan fingerprint density at radius 2 is 2.10 bits per heavy atom. The van der Waals surface area contributed by atoms with Crippen LogP contribution in [0.15, 0.2) is 23.1 Å². The van der Waals surface area contributed by atoms with Gasteiger partial charge in [0.1, 0.15) is 5.82 Å². The Labute approximate surface area is 124 Å². The van der Waals surface area contributed by atoms with Gasteiger partial charge in [-0.3, -0.25) is 0 Å². The first-order chi connectivity index (χ1) is 9.36. The van der Waals surface area contributed by atoms with E-state index >= 15 is 0 Å². The third-order valence-corrected chi connectivity index (χ3v) is 6.22. The van der Waals surface area contributed by atoms with Crippen LogP contribution in [-0.4, -0.2) is 25.3 Å². The van der Waals surface area contributed by atoms with E-state index in [1.54, 1.807) is 0 Å². The molecule has 2 rings (SSSR count). The third-order valence-electron chi connectivity index (χ3n) is 3.84. The zero-order valence-electron chi connectivity index (χ0n) is 11.6. The summed E-state index contributed by atoms with van der Waals surface area (Å²) in [6.45, 7) is 4.49. The number of alkyl halides is 1. The molecule has 112 valence electrons. The number of piperidine rings is 1. The van der Waals surface area contributed by atoms with Crippen LogP contribution in [0, 0.1) is 11.7 Å². The second-order valence-electron chi connectivity index (χ2n) is 5.48. The lowest BCUT2D eigenvalue weighted by molar-refractivity contribution is 0.220. The number of nitrogens with zero attached hydrogens (tertiary/aromatic N) is 1. The van der Waals surface area contributed by atoms with Gasteiger partial charge in [-0.25, -0.2) is 12.8 Å². The maximum Gasteiger partial charge on any atom is 0.243 e. The summed E-state index contributed by atoms with van der Waals surface area (Å²) in [7, 11) is -3.69. The van der Waals surface area contributed by atoms with Crippen molar-refractivity contribution in [3.8, 4) is 0 Å². The molecular formula is C14H19ClFNO2S. The predicted molar refractivity (Wildman–Crippen MR) is 77.7 cm³/mol. The summed E-state index contributed by atoms with van der Waals surface area (Å²) in [5.74, 6) is -0.0000653. The summed E-state index contributed by atoms with van der Waals surface area (Å²) in [5.41, 5.74) is 0.443. The van der Waals surface area contributed by atoms with E-state index in [2.05, 4.69) is 6.92 Å². The summed E-state index contributed by atoms with van der Waals surface area (Å²) in [5, 5.41) is 0. The third kappa shape index (κ3) is 3.00. The Bertz CT molecular complexity index is 591. The van der Waals surface area contributed by atoms with Crippen molar-refractivity contribution < 1.29 is 12.8 Å². The molecule has 20 heavy (non-hydrogen) atoms. The molecule has 0 spiro atoms. The standard InChI is InChI=1S/C14H19ClFNO2S/c1-10-5-6-17(11(2)7-10)20(18,19)14-8-13(16)4-3-12(14)9-15/h3-4,8,10-11H,5-7,9H2,1-2H3. The predicted octanol–water partition coefficient (Wildman–Crippen LogP) is 3.37. The average Bonchev–Trinajstić information content (AvgIpc) is 2.38. The smallest absolute Gasteiger partial charge is 0.207 e. The van der Waals surface area contributed by atoms with Gasteiger partial charge < -0.3 is 0 Å². The minimum absolute atomic E-state index is 0.00565. The Morgan fingerprint density at radius 1 is 1.40 bits per heavy atom. The molecule has 0 saturated carbocycles. The van der Waals surface area contributed by atoms with E-state index < -0.39 is 15.8 Å². The summed E-state index contributed by atoms with van der Waals surface area (Å²) in [6, 6.07) is 3.66. The quantitative estimate of drug-likeness (QED) is 0.801. The molecule has 1 heterocycles. The second kappa shape index (κ2) is 6.00. The van der Waals surface area contributed by atoms with Gasteiger partial charge in [-0.1, -0.05) is 13.0 Å². The van der Waals surface area contributed by atoms with Crippen LogP contribution in [0.5, 0.6) is 0 Å². The van der Waals surface area contributed by atoms with Gasteiger partial charge in [-0.15, -0.1) is 11.6 Å². The fraction of sp³-hybridized carbons (Fsp3) is 0.571. The van der Waals surface area contributed by atoms with E-state index in [0.717, 1.165) is 18.9 Å². The number of sulfonamides is 1. The summed E-state index contributed by atoms with van der Waals surface area (Å²) < 4.78 is 40.4. The molecule has 0 N–H and O–H groups in total. The Balaban J connectivity index is 2.42. The molecule has 0 radical (unpaired) electrons. The normalized spacial score (nSPS) is 24.8. The van der Waals surface area contributed by atoms with Gasteiger partial charge in [0, 0.05) is 18.5 Å². The average molecular weight is 320 g/mol. The first-order valence-electron chi connectivity index (χ1n) is 6.72. The van der Waals surface area contributed by atoms with Crippen LogP contribution in [0.3, 0.4) is 0 Å². The van der Waals surface area contributed by atoms with E-state index in [0.29, 0.717) is 18.0 Å². The van der Waals surface area contributed by atoms with E-state index in [9.17, 15) is 12.8 Å². The van der Waals surface area contributed by atoms with Gasteiger partial charge in [-0.2, -0.15) is 4.31 Å². The lowest BCUT2D eigenvalue weighted by Gasteiger charge is -2.35. The monoisotopic (exact) mass is 319 g/mol. The molecule has 0 amide bonds. The van der Waals surface area contributed by atoms with E-state index in [1.165, 1.54) is 16.4 Å². The summed E-state index contributed by atoms with van der Waals surface area (Å²) in [6.07, 6.45) is 1.65. The number of hydrogen-bond donors (Lipinski definition) is 0. The van der Waals surface area contributed by atoms with Crippen molar-refractivity contribution >= 4 is 21.6 Å². The highest BCUT2D eigenvalue weighted by Crippen LogP contribution is 2.30. The molecular weight excluding hydrogens is 301 g/mol. The highest BCUT2D eigenvalue weighted by atomic mass is 35.5. The van der Waals surface area contributed by atoms with E-state index in [1.807, 2.05) is 6.92 Å². The lowest BCUT2D eigenvalue weighted by atomic mass is 9.95. The molecule has 6 heteroatoms. The van der Waals surface area contributed by atoms with Crippen LogP contribution >= 0.6 is 11.6 Å². The van der Waals surface area contributed by atoms with Gasteiger partial charge in [0.15, 0.2) is 0 Å². The Hall–Kier alpha value is -0.650. The maximum absolute atomic E-state index is 13.4. The molecule has 1 fully saturated rings. The number of benzene rings is 1. The molecule has 2 unspecified atom stereocenters. The molecule has 1 aromatic rings.